The number of piperidine rings is 1. The van der Waals surface area contributed by atoms with Crippen molar-refractivity contribution in [3.63, 3.8) is 0 Å². The Labute approximate surface area is 179 Å². The Morgan fingerprint density at radius 2 is 1.70 bits per heavy atom. The lowest BCUT2D eigenvalue weighted by molar-refractivity contribution is -0.00707. The molecule has 1 heterocycles. The third kappa shape index (κ3) is 5.32. The molecule has 0 atom stereocenters. The fourth-order valence-corrected chi connectivity index (χ4v) is 4.40. The summed E-state index contributed by atoms with van der Waals surface area (Å²) in [6.45, 7) is 7.93. The zero-order valence-electron chi connectivity index (χ0n) is 18.5. The predicted molar refractivity (Wildman–Crippen MR) is 114 cm³/mol. The second-order valence-electron chi connectivity index (χ2n) is 8.54. The van der Waals surface area contributed by atoms with Crippen LogP contribution >= 0.6 is 0 Å². The maximum atomic E-state index is 12.1. The number of benzene rings is 1. The molecule has 1 aliphatic carbocycles. The molecule has 7 heteroatoms. The van der Waals surface area contributed by atoms with Crippen LogP contribution in [-0.2, 0) is 9.47 Å². The van der Waals surface area contributed by atoms with Crippen LogP contribution in [0.1, 0.15) is 60.2 Å². The molecule has 1 saturated carbocycles. The van der Waals surface area contributed by atoms with Crippen molar-refractivity contribution in [2.75, 3.05) is 33.9 Å². The molecular formula is C23H34N2O5. The number of hydrogen-bond acceptors (Lipinski definition) is 7. The number of methoxy groups -OCH3 is 2. The van der Waals surface area contributed by atoms with Gasteiger partial charge in [0.1, 0.15) is 11.9 Å². The van der Waals surface area contributed by atoms with Crippen molar-refractivity contribution < 1.29 is 23.8 Å². The van der Waals surface area contributed by atoms with E-state index in [1.54, 1.807) is 18.2 Å². The van der Waals surface area contributed by atoms with Crippen LogP contribution in [0.5, 0.6) is 5.75 Å². The molecule has 1 aromatic rings. The standard InChI is InChI=1S/C23H34N2O5/c1-15(2)25(14-16-7-9-24-10-8-16)17-11-19(12-17)30-18-5-6-20(22(26)28-3)21(13-18)23(27)29-4/h5-6,13,15-17,19,24H,7-12,14H2,1-4H3/t17-,19-. The Balaban J connectivity index is 1.60. The summed E-state index contributed by atoms with van der Waals surface area (Å²) in [7, 11) is 2.57. The van der Waals surface area contributed by atoms with E-state index in [-0.39, 0.29) is 17.2 Å². The lowest BCUT2D eigenvalue weighted by atomic mass is 9.85. The monoisotopic (exact) mass is 418 g/mol. The second kappa shape index (κ2) is 10.3. The Bertz CT molecular complexity index is 739. The Hall–Kier alpha value is -2.12. The van der Waals surface area contributed by atoms with E-state index in [9.17, 15) is 9.59 Å². The first-order chi connectivity index (χ1) is 14.4. The largest absolute Gasteiger partial charge is 0.490 e. The van der Waals surface area contributed by atoms with Crippen LogP contribution in [0.3, 0.4) is 0 Å². The summed E-state index contributed by atoms with van der Waals surface area (Å²) < 4.78 is 15.7. The summed E-state index contributed by atoms with van der Waals surface area (Å²) in [5, 5.41) is 3.44. The molecule has 1 aromatic carbocycles. The van der Waals surface area contributed by atoms with Crippen molar-refractivity contribution in [2.45, 2.75) is 57.7 Å². The van der Waals surface area contributed by atoms with E-state index < -0.39 is 11.9 Å². The average Bonchev–Trinajstić information content (AvgIpc) is 2.74. The fourth-order valence-electron chi connectivity index (χ4n) is 4.40. The van der Waals surface area contributed by atoms with Crippen LogP contribution in [0.2, 0.25) is 0 Å². The van der Waals surface area contributed by atoms with Gasteiger partial charge in [0.05, 0.1) is 25.3 Å². The highest BCUT2D eigenvalue weighted by Crippen LogP contribution is 2.33. The van der Waals surface area contributed by atoms with Gasteiger partial charge in [-0.3, -0.25) is 4.90 Å². The smallest absolute Gasteiger partial charge is 0.338 e. The number of ether oxygens (including phenoxy) is 3. The minimum absolute atomic E-state index is 0.110. The van der Waals surface area contributed by atoms with Gasteiger partial charge >= 0.3 is 11.9 Å². The van der Waals surface area contributed by atoms with E-state index in [4.69, 9.17) is 14.2 Å². The van der Waals surface area contributed by atoms with Gasteiger partial charge in [0, 0.05) is 31.5 Å². The highest BCUT2D eigenvalue weighted by atomic mass is 16.5. The number of nitrogens with zero attached hydrogens (tertiary/aromatic N) is 1. The molecule has 7 nitrogen and oxygen atoms in total. The Morgan fingerprint density at radius 1 is 1.07 bits per heavy atom. The third-order valence-electron chi connectivity index (χ3n) is 6.23. The molecule has 0 radical (unpaired) electrons. The topological polar surface area (TPSA) is 77.1 Å². The first kappa shape index (κ1) is 22.6. The average molecular weight is 419 g/mol. The molecule has 30 heavy (non-hydrogen) atoms. The van der Waals surface area contributed by atoms with Crippen LogP contribution in [0.25, 0.3) is 0 Å². The van der Waals surface area contributed by atoms with Crippen molar-refractivity contribution in [1.82, 2.24) is 10.2 Å². The zero-order valence-corrected chi connectivity index (χ0v) is 18.5. The zero-order chi connectivity index (χ0) is 21.7. The van der Waals surface area contributed by atoms with Gasteiger partial charge < -0.3 is 19.5 Å². The van der Waals surface area contributed by atoms with Gasteiger partial charge in [0.2, 0.25) is 0 Å². The van der Waals surface area contributed by atoms with Crippen molar-refractivity contribution in [3.05, 3.63) is 29.3 Å². The van der Waals surface area contributed by atoms with Crippen LogP contribution in [-0.4, -0.2) is 68.9 Å². The van der Waals surface area contributed by atoms with Crippen molar-refractivity contribution in [2.24, 2.45) is 5.92 Å². The van der Waals surface area contributed by atoms with E-state index in [0.717, 1.165) is 38.4 Å². The normalized spacial score (nSPS) is 21.9. The number of carbonyl (C=O) groups is 2. The van der Waals surface area contributed by atoms with Crippen molar-refractivity contribution >= 4 is 11.9 Å². The van der Waals surface area contributed by atoms with Gasteiger partial charge in [-0.05, 0) is 63.9 Å². The van der Waals surface area contributed by atoms with Gasteiger partial charge in [-0.1, -0.05) is 0 Å². The molecule has 0 spiro atoms. The fraction of sp³-hybridized carbons (Fsp3) is 0.652. The maximum absolute atomic E-state index is 12.1. The highest BCUT2D eigenvalue weighted by Gasteiger charge is 2.37. The van der Waals surface area contributed by atoms with Crippen LogP contribution in [0.15, 0.2) is 18.2 Å². The van der Waals surface area contributed by atoms with Crippen LogP contribution in [0, 0.1) is 5.92 Å². The summed E-state index contributed by atoms with van der Waals surface area (Å²) in [6, 6.07) is 5.87. The van der Waals surface area contributed by atoms with Gasteiger partial charge in [-0.2, -0.15) is 0 Å². The van der Waals surface area contributed by atoms with Crippen LogP contribution < -0.4 is 10.1 Å². The molecule has 0 aromatic heterocycles. The molecule has 1 N–H and O–H groups in total. The molecule has 0 amide bonds. The summed E-state index contributed by atoms with van der Waals surface area (Å²) in [4.78, 5) is 26.6. The lowest BCUT2D eigenvalue weighted by Crippen LogP contribution is -2.53. The first-order valence-electron chi connectivity index (χ1n) is 10.9. The van der Waals surface area contributed by atoms with Gasteiger partial charge in [0.25, 0.3) is 0 Å². The van der Waals surface area contributed by atoms with Crippen molar-refractivity contribution in [3.8, 4) is 5.75 Å². The molecule has 1 saturated heterocycles. The van der Waals surface area contributed by atoms with Gasteiger partial charge in [-0.25, -0.2) is 9.59 Å². The number of nitrogens with one attached hydrogen (secondary N) is 1. The number of esters is 2. The van der Waals surface area contributed by atoms with Crippen molar-refractivity contribution in [1.29, 1.82) is 0 Å². The molecule has 2 aliphatic rings. The molecular weight excluding hydrogens is 384 g/mol. The quantitative estimate of drug-likeness (QED) is 0.651. The SMILES string of the molecule is COC(=O)c1ccc(O[C@H]2C[C@H](N(CC3CCNCC3)C(C)C)C2)cc1C(=O)OC. The van der Waals surface area contributed by atoms with E-state index >= 15 is 0 Å². The number of hydrogen-bond donors (Lipinski definition) is 1. The van der Waals surface area contributed by atoms with E-state index in [0.29, 0.717) is 17.8 Å². The van der Waals surface area contributed by atoms with Crippen LogP contribution in [0.4, 0.5) is 0 Å². The van der Waals surface area contributed by atoms with E-state index in [2.05, 4.69) is 24.1 Å². The summed E-state index contributed by atoms with van der Waals surface area (Å²) in [5.41, 5.74) is 0.337. The summed E-state index contributed by atoms with van der Waals surface area (Å²) in [6.07, 6.45) is 4.54. The summed E-state index contributed by atoms with van der Waals surface area (Å²) >= 11 is 0. The molecule has 3 rings (SSSR count). The lowest BCUT2D eigenvalue weighted by Gasteiger charge is -2.46. The Kier molecular flexibility index (Phi) is 7.72. The minimum atomic E-state index is -0.583. The summed E-state index contributed by atoms with van der Waals surface area (Å²) in [5.74, 6) is 0.180. The van der Waals surface area contributed by atoms with Gasteiger partial charge in [0.15, 0.2) is 0 Å². The third-order valence-corrected chi connectivity index (χ3v) is 6.23. The molecule has 1 aliphatic heterocycles. The first-order valence-corrected chi connectivity index (χ1v) is 10.9. The molecule has 0 unspecified atom stereocenters. The molecule has 2 fully saturated rings. The number of rotatable bonds is 8. The molecule has 166 valence electrons. The predicted octanol–water partition coefficient (Wildman–Crippen LogP) is 2.88. The minimum Gasteiger partial charge on any atom is -0.490 e. The van der Waals surface area contributed by atoms with E-state index in [1.807, 2.05) is 0 Å². The highest BCUT2D eigenvalue weighted by molar-refractivity contribution is 6.03. The van der Waals surface area contributed by atoms with E-state index in [1.165, 1.54) is 27.1 Å². The molecule has 0 bridgehead atoms. The van der Waals surface area contributed by atoms with Gasteiger partial charge in [-0.15, -0.1) is 0 Å². The Morgan fingerprint density at radius 3 is 2.30 bits per heavy atom. The number of carbonyl (C=O) groups excluding carboxylic acids is 2. The second-order valence-corrected chi connectivity index (χ2v) is 8.54. The maximum Gasteiger partial charge on any atom is 0.338 e.